The summed E-state index contributed by atoms with van der Waals surface area (Å²) < 4.78 is 10.4. The molecule has 0 unspecified atom stereocenters. The summed E-state index contributed by atoms with van der Waals surface area (Å²) in [5.74, 6) is 1.12. The Balaban J connectivity index is 2.04. The second kappa shape index (κ2) is 6.29. The van der Waals surface area contributed by atoms with Crippen LogP contribution in [0.5, 0.6) is 11.5 Å². The molecule has 1 aromatic heterocycles. The average Bonchev–Trinajstić information content (AvgIpc) is 2.90. The molecule has 1 amide bonds. The fourth-order valence-corrected chi connectivity index (χ4v) is 2.49. The molecular formula is C14H16N2O3S. The number of hydrogen-bond donors (Lipinski definition) is 2. The van der Waals surface area contributed by atoms with Crippen LogP contribution >= 0.6 is 11.3 Å². The number of nitrogen functional groups attached to an aromatic ring is 1. The molecule has 0 fully saturated rings. The molecule has 5 nitrogen and oxygen atoms in total. The molecule has 106 valence electrons. The van der Waals surface area contributed by atoms with E-state index in [2.05, 4.69) is 5.32 Å². The maximum atomic E-state index is 11.9. The van der Waals surface area contributed by atoms with Crippen LogP contribution < -0.4 is 20.5 Å². The number of hydrogen-bond acceptors (Lipinski definition) is 5. The predicted octanol–water partition coefficient (Wildman–Crippen LogP) is 2.28. The van der Waals surface area contributed by atoms with Gasteiger partial charge in [-0.3, -0.25) is 4.79 Å². The molecule has 2 aromatic rings. The molecule has 0 spiro atoms. The Labute approximate surface area is 121 Å². The number of carbonyl (C=O) groups is 1. The van der Waals surface area contributed by atoms with E-state index in [4.69, 9.17) is 15.2 Å². The van der Waals surface area contributed by atoms with Gasteiger partial charge in [0.25, 0.3) is 5.91 Å². The van der Waals surface area contributed by atoms with E-state index in [1.807, 2.05) is 12.1 Å². The van der Waals surface area contributed by atoms with Crippen LogP contribution in [0, 0.1) is 0 Å². The van der Waals surface area contributed by atoms with Gasteiger partial charge in [0.15, 0.2) is 11.5 Å². The normalized spacial score (nSPS) is 10.1. The molecule has 0 aliphatic heterocycles. The monoisotopic (exact) mass is 292 g/mol. The fourth-order valence-electron chi connectivity index (χ4n) is 1.76. The summed E-state index contributed by atoms with van der Waals surface area (Å²) in [4.78, 5) is 12.5. The lowest BCUT2D eigenvalue weighted by molar-refractivity contribution is 0.0955. The van der Waals surface area contributed by atoms with Gasteiger partial charge in [-0.05, 0) is 29.1 Å². The van der Waals surface area contributed by atoms with Gasteiger partial charge < -0.3 is 20.5 Å². The highest BCUT2D eigenvalue weighted by Crippen LogP contribution is 2.27. The smallest absolute Gasteiger partial charge is 0.263 e. The first-order valence-corrected chi connectivity index (χ1v) is 6.85. The summed E-state index contributed by atoms with van der Waals surface area (Å²) in [7, 11) is 3.16. The first kappa shape index (κ1) is 14.2. The summed E-state index contributed by atoms with van der Waals surface area (Å²) in [6.45, 7) is 0.399. The predicted molar refractivity (Wildman–Crippen MR) is 79.4 cm³/mol. The van der Waals surface area contributed by atoms with Crippen LogP contribution in [0.1, 0.15) is 15.2 Å². The topological polar surface area (TPSA) is 73.6 Å². The van der Waals surface area contributed by atoms with Gasteiger partial charge in [0.05, 0.1) is 19.9 Å². The molecule has 0 atom stereocenters. The SMILES string of the molecule is COc1ccc(CNC(=O)c2sccc2N)cc1OC. The molecule has 0 bridgehead atoms. The highest BCUT2D eigenvalue weighted by Gasteiger charge is 2.11. The number of amides is 1. The van der Waals surface area contributed by atoms with Gasteiger partial charge in [-0.15, -0.1) is 11.3 Å². The van der Waals surface area contributed by atoms with Gasteiger partial charge in [-0.25, -0.2) is 0 Å². The minimum atomic E-state index is -0.174. The third-order valence-electron chi connectivity index (χ3n) is 2.80. The van der Waals surface area contributed by atoms with Crippen LogP contribution in [0.4, 0.5) is 5.69 Å². The molecule has 0 aliphatic carbocycles. The highest BCUT2D eigenvalue weighted by atomic mass is 32.1. The molecule has 2 rings (SSSR count). The van der Waals surface area contributed by atoms with Crippen molar-refractivity contribution in [2.75, 3.05) is 20.0 Å². The molecule has 0 radical (unpaired) electrons. The molecule has 6 heteroatoms. The number of rotatable bonds is 5. The number of benzene rings is 1. The average molecular weight is 292 g/mol. The lowest BCUT2D eigenvalue weighted by atomic mass is 10.2. The number of methoxy groups -OCH3 is 2. The Bertz CT molecular complexity index is 610. The van der Waals surface area contributed by atoms with Gasteiger partial charge in [-0.1, -0.05) is 6.07 Å². The number of thiophene rings is 1. The van der Waals surface area contributed by atoms with Crippen molar-refractivity contribution in [2.45, 2.75) is 6.54 Å². The summed E-state index contributed by atoms with van der Waals surface area (Å²) in [6, 6.07) is 7.23. The van der Waals surface area contributed by atoms with E-state index in [9.17, 15) is 4.79 Å². The molecule has 3 N–H and O–H groups in total. The second-order valence-electron chi connectivity index (χ2n) is 4.08. The largest absolute Gasteiger partial charge is 0.493 e. The number of nitrogens with two attached hydrogens (primary N) is 1. The second-order valence-corrected chi connectivity index (χ2v) is 4.99. The van der Waals surface area contributed by atoms with Crippen molar-refractivity contribution in [3.05, 3.63) is 40.1 Å². The van der Waals surface area contributed by atoms with Crippen molar-refractivity contribution in [3.63, 3.8) is 0 Å². The van der Waals surface area contributed by atoms with Crippen molar-refractivity contribution in [1.29, 1.82) is 0 Å². The first-order valence-electron chi connectivity index (χ1n) is 5.97. The van der Waals surface area contributed by atoms with Crippen molar-refractivity contribution < 1.29 is 14.3 Å². The first-order chi connectivity index (χ1) is 9.65. The highest BCUT2D eigenvalue weighted by molar-refractivity contribution is 7.12. The maximum Gasteiger partial charge on any atom is 0.263 e. The van der Waals surface area contributed by atoms with Crippen molar-refractivity contribution >= 4 is 22.9 Å². The zero-order valence-electron chi connectivity index (χ0n) is 11.3. The number of nitrogens with one attached hydrogen (secondary N) is 1. The minimum absolute atomic E-state index is 0.174. The lowest BCUT2D eigenvalue weighted by Gasteiger charge is -2.10. The molecule has 0 saturated carbocycles. The van der Waals surface area contributed by atoms with Gasteiger partial charge in [0.2, 0.25) is 0 Å². The van der Waals surface area contributed by atoms with Gasteiger partial charge in [0, 0.05) is 6.54 Å². The number of carbonyl (C=O) groups excluding carboxylic acids is 1. The fraction of sp³-hybridized carbons (Fsp3) is 0.214. The number of anilines is 1. The van der Waals surface area contributed by atoms with E-state index in [1.165, 1.54) is 11.3 Å². The quantitative estimate of drug-likeness (QED) is 0.886. The minimum Gasteiger partial charge on any atom is -0.493 e. The summed E-state index contributed by atoms with van der Waals surface area (Å²) >= 11 is 1.32. The van der Waals surface area contributed by atoms with Crippen LogP contribution in [0.2, 0.25) is 0 Å². The zero-order valence-corrected chi connectivity index (χ0v) is 12.1. The molecule has 0 aliphatic rings. The number of ether oxygens (including phenoxy) is 2. The third-order valence-corrected chi connectivity index (χ3v) is 3.73. The molecule has 1 heterocycles. The zero-order chi connectivity index (χ0) is 14.5. The van der Waals surface area contributed by atoms with E-state index in [0.29, 0.717) is 28.6 Å². The van der Waals surface area contributed by atoms with Gasteiger partial charge in [-0.2, -0.15) is 0 Å². The van der Waals surface area contributed by atoms with Crippen LogP contribution in [0.15, 0.2) is 29.6 Å². The summed E-state index contributed by atoms with van der Waals surface area (Å²) in [6.07, 6.45) is 0. The van der Waals surface area contributed by atoms with Crippen LogP contribution in [0.3, 0.4) is 0 Å². The van der Waals surface area contributed by atoms with Gasteiger partial charge in [0.1, 0.15) is 4.88 Å². The Hall–Kier alpha value is -2.21. The van der Waals surface area contributed by atoms with Crippen LogP contribution in [-0.2, 0) is 6.54 Å². The van der Waals surface area contributed by atoms with E-state index >= 15 is 0 Å². The van der Waals surface area contributed by atoms with Crippen LogP contribution in [0.25, 0.3) is 0 Å². The Morgan fingerprint density at radius 1 is 1.25 bits per heavy atom. The third kappa shape index (κ3) is 3.03. The Morgan fingerprint density at radius 2 is 2.00 bits per heavy atom. The van der Waals surface area contributed by atoms with Crippen molar-refractivity contribution in [3.8, 4) is 11.5 Å². The lowest BCUT2D eigenvalue weighted by Crippen LogP contribution is -2.22. The van der Waals surface area contributed by atoms with Gasteiger partial charge >= 0.3 is 0 Å². The van der Waals surface area contributed by atoms with Crippen LogP contribution in [-0.4, -0.2) is 20.1 Å². The Morgan fingerprint density at radius 3 is 2.60 bits per heavy atom. The van der Waals surface area contributed by atoms with E-state index < -0.39 is 0 Å². The Kier molecular flexibility index (Phi) is 4.47. The molecule has 1 aromatic carbocycles. The summed E-state index contributed by atoms with van der Waals surface area (Å²) in [5, 5.41) is 4.62. The van der Waals surface area contributed by atoms with E-state index in [0.717, 1.165) is 5.56 Å². The maximum absolute atomic E-state index is 11.9. The molecular weight excluding hydrogens is 276 g/mol. The standard InChI is InChI=1S/C14H16N2O3S/c1-18-11-4-3-9(7-12(11)19-2)8-16-14(17)13-10(15)5-6-20-13/h3-7H,8,15H2,1-2H3,(H,16,17). The molecule has 20 heavy (non-hydrogen) atoms. The van der Waals surface area contributed by atoms with E-state index in [1.54, 1.807) is 31.7 Å². The summed E-state index contributed by atoms with van der Waals surface area (Å²) in [5.41, 5.74) is 7.13. The van der Waals surface area contributed by atoms with Crippen molar-refractivity contribution in [1.82, 2.24) is 5.32 Å². The molecule has 0 saturated heterocycles. The van der Waals surface area contributed by atoms with E-state index in [-0.39, 0.29) is 5.91 Å². The van der Waals surface area contributed by atoms with Crippen molar-refractivity contribution in [2.24, 2.45) is 0 Å².